The number of fused-ring (bicyclic) bond motifs is 7. The summed E-state index contributed by atoms with van der Waals surface area (Å²) in [5, 5.41) is 5.70. The largest absolute Gasteiger partial charge is 0.509 e. The van der Waals surface area contributed by atoms with Crippen molar-refractivity contribution in [3.8, 4) is 39.6 Å². The molecule has 1 unspecified atom stereocenters. The van der Waals surface area contributed by atoms with Crippen molar-refractivity contribution in [2.45, 2.75) is 136 Å². The van der Waals surface area contributed by atoms with Crippen LogP contribution in [-0.2, 0) is 48.1 Å². The van der Waals surface area contributed by atoms with Crippen LogP contribution in [-0.4, -0.2) is 17.6 Å². The van der Waals surface area contributed by atoms with Gasteiger partial charge in [0.15, 0.2) is 0 Å². The fourth-order valence-corrected chi connectivity index (χ4v) is 21.0. The van der Waals surface area contributed by atoms with Gasteiger partial charge in [-0.3, -0.25) is 0 Å². The van der Waals surface area contributed by atoms with Crippen LogP contribution >= 0.6 is 0 Å². The van der Waals surface area contributed by atoms with Crippen molar-refractivity contribution < 1.29 is 25.8 Å². The first-order chi connectivity index (χ1) is 40.4. The van der Waals surface area contributed by atoms with Crippen molar-refractivity contribution in [3.05, 3.63) is 246 Å². The van der Waals surface area contributed by atoms with Gasteiger partial charge in [-0.15, -0.1) is 53.3 Å². The Kier molecular flexibility index (Phi) is 13.6. The minimum atomic E-state index is -2.85. The first kappa shape index (κ1) is 57.6. The van der Waals surface area contributed by atoms with E-state index in [1.54, 1.807) is 0 Å². The molecule has 7 heteroatoms. The molecule has 8 aromatic carbocycles. The van der Waals surface area contributed by atoms with Gasteiger partial charge in [0.1, 0.15) is 13.9 Å². The molecule has 14 rings (SSSR count). The van der Waals surface area contributed by atoms with E-state index in [1.807, 2.05) is 12.3 Å². The molecule has 3 aliphatic heterocycles. The topological polar surface area (TPSA) is 33.5 Å². The van der Waals surface area contributed by atoms with Crippen molar-refractivity contribution in [2.24, 2.45) is 0 Å². The third-order valence-electron chi connectivity index (χ3n) is 19.0. The first-order valence-corrected chi connectivity index (χ1v) is 32.6. The van der Waals surface area contributed by atoms with Crippen LogP contribution in [0.4, 0.5) is 22.7 Å². The summed E-state index contributed by atoms with van der Waals surface area (Å²) in [6.07, 6.45) is 7.72. The van der Waals surface area contributed by atoms with Crippen LogP contribution in [0.2, 0.25) is 0 Å². The molecule has 4 aliphatic rings. The van der Waals surface area contributed by atoms with E-state index >= 15 is 0 Å². The maximum Gasteiger partial charge on any atom is 0.135 e. The van der Waals surface area contributed by atoms with Gasteiger partial charge >= 0.3 is 0 Å². The van der Waals surface area contributed by atoms with Gasteiger partial charge in [0.25, 0.3) is 0 Å². The predicted octanol–water partition coefficient (Wildman–Crippen LogP) is 18.5. The van der Waals surface area contributed by atoms with E-state index in [9.17, 15) is 0 Å². The number of rotatable bonds is 7. The number of para-hydroxylation sites is 2. The number of pyridine rings is 1. The minimum absolute atomic E-state index is 0. The zero-order chi connectivity index (χ0) is 59.3. The molecule has 0 fully saturated rings. The number of allylic oxidation sites excluding steroid dienone is 1. The van der Waals surface area contributed by atoms with Gasteiger partial charge in [-0.2, -0.15) is 6.07 Å². The van der Waals surface area contributed by atoms with Crippen LogP contribution in [0, 0.1) is 18.8 Å². The number of benzene rings is 8. The monoisotopic (exact) mass is 1320 g/mol. The summed E-state index contributed by atoms with van der Waals surface area (Å²) in [6.45, 7) is 34.9. The molecule has 86 heavy (non-hydrogen) atoms. The van der Waals surface area contributed by atoms with Crippen LogP contribution in [0.3, 0.4) is 0 Å². The molecule has 5 nitrogen and oxygen atoms in total. The SMILES string of the molecule is CC(C)(C)c1cc(-c2cc(C(C)(C)C)cc(-c3ccccc3)c2N2[CH-]N(c3[c-]c(Oc4[c-]c5c6c(c4)[Si]4(c7ccccc7C(C)(C)c7ccccc74)C4CC=Cc(c64)n5-c4cc(C(C)(C)C)ccn4)ccc3)c3ccccc32)cc(C(C)(C)C)c1.[Pt]. The van der Waals surface area contributed by atoms with E-state index < -0.39 is 8.07 Å². The Bertz CT molecular complexity index is 4300. The third kappa shape index (κ3) is 9.05. The summed E-state index contributed by atoms with van der Waals surface area (Å²) >= 11 is 0. The van der Waals surface area contributed by atoms with Crippen LogP contribution < -0.4 is 30.1 Å². The number of aromatic nitrogens is 2. The third-order valence-corrected chi connectivity index (χ3v) is 24.4. The van der Waals surface area contributed by atoms with Crippen LogP contribution in [0.5, 0.6) is 11.5 Å². The average molecular weight is 1320 g/mol. The smallest absolute Gasteiger partial charge is 0.135 e. The molecule has 1 aliphatic carbocycles. The van der Waals surface area contributed by atoms with E-state index in [1.165, 1.54) is 87.8 Å². The molecule has 2 aromatic heterocycles. The van der Waals surface area contributed by atoms with E-state index in [2.05, 4.69) is 306 Å². The molecule has 436 valence electrons. The Balaban J connectivity index is 0.00000686. The predicted molar refractivity (Wildman–Crippen MR) is 358 cm³/mol. The Hall–Kier alpha value is -7.50. The summed E-state index contributed by atoms with van der Waals surface area (Å²) < 4.78 is 9.73. The van der Waals surface area contributed by atoms with Crippen LogP contribution in [0.15, 0.2) is 182 Å². The molecule has 0 amide bonds. The fraction of sp³-hybridized carbons (Fsp3) is 0.266. The molecule has 0 radical (unpaired) electrons. The van der Waals surface area contributed by atoms with Crippen molar-refractivity contribution >= 4 is 63.4 Å². The number of hydrogen-bond acceptors (Lipinski definition) is 4. The molecule has 1 spiro atoms. The summed E-state index contributed by atoms with van der Waals surface area (Å²) in [4.78, 5) is 9.87. The van der Waals surface area contributed by atoms with Crippen molar-refractivity contribution in [2.75, 3.05) is 9.80 Å². The number of ether oxygens (including phenoxy) is 1. The van der Waals surface area contributed by atoms with Crippen LogP contribution in [0.25, 0.3) is 45.1 Å². The Labute approximate surface area is 526 Å². The van der Waals surface area contributed by atoms with Crippen molar-refractivity contribution in [1.29, 1.82) is 0 Å². The normalized spacial score (nSPS) is 16.3. The van der Waals surface area contributed by atoms with Gasteiger partial charge in [-0.25, -0.2) is 4.98 Å². The fourth-order valence-electron chi connectivity index (χ4n) is 14.5. The first-order valence-electron chi connectivity index (χ1n) is 30.5. The summed E-state index contributed by atoms with van der Waals surface area (Å²) in [5.74, 6) is 2.19. The van der Waals surface area contributed by atoms with Crippen LogP contribution in [0.1, 0.15) is 154 Å². The maximum absolute atomic E-state index is 7.35. The van der Waals surface area contributed by atoms with E-state index in [-0.39, 0.29) is 53.7 Å². The second kappa shape index (κ2) is 20.3. The Morgan fingerprint density at radius 2 is 1.12 bits per heavy atom. The van der Waals surface area contributed by atoms with Gasteiger partial charge in [0, 0.05) is 78.1 Å². The van der Waals surface area contributed by atoms with Gasteiger partial charge in [0.2, 0.25) is 0 Å². The standard InChI is InChI=1S/C79H77N4OSi.Pt/c1-75(2,3)52-38-39-80-71(45-52)83-65-34-25-37-69-72(65)73-66(83)47-58(48-70(73)85(69)67-35-22-18-30-61(67)79(13,14)62-31-19-23-36-68(62)85)84-57-29-24-28-56(46-57)81-49-82(64-33-21-20-32-63(64)81)74-59(50-26-16-15-17-27-50)43-55(78(10,11)12)44-60(74)51-40-53(76(4,5)6)42-54(41-51)77(7,8)9;/h15-36,38-45,48-49,69H,37H2,1-14H3;/q-3;. The van der Waals surface area contributed by atoms with Crippen molar-refractivity contribution in [1.82, 2.24) is 9.55 Å². The molecule has 0 bridgehead atoms. The molecule has 5 heterocycles. The van der Waals surface area contributed by atoms with E-state index in [0.29, 0.717) is 11.5 Å². The average Bonchev–Trinajstić information content (AvgIpc) is 1.45. The van der Waals surface area contributed by atoms with E-state index in [0.717, 1.165) is 40.5 Å². The van der Waals surface area contributed by atoms with Gasteiger partial charge in [0.05, 0.1) is 0 Å². The second-order valence-corrected chi connectivity index (χ2v) is 32.9. The minimum Gasteiger partial charge on any atom is -0.509 e. The van der Waals surface area contributed by atoms with Gasteiger partial charge < -0.3 is 19.1 Å². The molecule has 10 aromatic rings. The molecule has 0 saturated carbocycles. The number of hydrogen-bond donors (Lipinski definition) is 0. The van der Waals surface area contributed by atoms with E-state index in [4.69, 9.17) is 9.72 Å². The summed E-state index contributed by atoms with van der Waals surface area (Å²) in [6, 6.07) is 71.7. The molecular formula is C79H77N4OPtSi-3. The quantitative estimate of drug-likeness (QED) is 0.118. The second-order valence-electron chi connectivity index (χ2n) is 29.0. The van der Waals surface area contributed by atoms with Crippen molar-refractivity contribution in [3.63, 3.8) is 0 Å². The maximum atomic E-state index is 7.35. The number of nitrogens with zero attached hydrogens (tertiary/aromatic N) is 4. The zero-order valence-corrected chi connectivity index (χ0v) is 55.5. The molecule has 1 atom stereocenters. The summed E-state index contributed by atoms with van der Waals surface area (Å²) in [7, 11) is -2.85. The molecular weight excluding hydrogens is 1240 g/mol. The van der Waals surface area contributed by atoms with Gasteiger partial charge in [-0.1, -0.05) is 223 Å². The van der Waals surface area contributed by atoms with Gasteiger partial charge in [-0.05, 0) is 131 Å². The zero-order valence-electron chi connectivity index (χ0n) is 52.3. The summed E-state index contributed by atoms with van der Waals surface area (Å²) in [5.41, 5.74) is 20.3. The molecule has 0 saturated heterocycles. The molecule has 0 N–H and O–H groups in total. The Morgan fingerprint density at radius 1 is 0.547 bits per heavy atom. The number of anilines is 4. The Morgan fingerprint density at radius 3 is 1.74 bits per heavy atom.